The van der Waals surface area contributed by atoms with Crippen molar-refractivity contribution in [2.75, 3.05) is 0 Å². The molecule has 0 fully saturated rings. The largest absolute Gasteiger partial charge is 0.348 e. The molecule has 3 rings (SSSR count). The van der Waals surface area contributed by atoms with Crippen molar-refractivity contribution in [3.8, 4) is 0 Å². The third-order valence-electron chi connectivity index (χ3n) is 4.51. The summed E-state index contributed by atoms with van der Waals surface area (Å²) in [5.41, 5.74) is 3.47. The predicted octanol–water partition coefficient (Wildman–Crippen LogP) is 3.99. The van der Waals surface area contributed by atoms with Crippen molar-refractivity contribution < 1.29 is 14.0 Å². The lowest BCUT2D eigenvalue weighted by molar-refractivity contribution is 0.0939. The average Bonchev–Trinajstić information content (AvgIpc) is 2.72. The Balaban J connectivity index is 1.56. The van der Waals surface area contributed by atoms with Crippen LogP contribution in [0.4, 0.5) is 4.39 Å². The lowest BCUT2D eigenvalue weighted by atomic mass is 10.1. The fourth-order valence-corrected chi connectivity index (χ4v) is 2.78. The zero-order chi connectivity index (χ0) is 19.9. The highest BCUT2D eigenvalue weighted by molar-refractivity contribution is 5.97. The number of amides is 2. The summed E-state index contributed by atoms with van der Waals surface area (Å²) >= 11 is 0. The molecule has 0 heterocycles. The standard InChI is InChI=1S/C23H21FN2O2/c1-16-6-2-3-7-19(16)14-25-22(27)17-10-12-18(13-11-17)23(28)26-15-20-8-4-5-9-21(20)24/h2-13H,14-15H2,1H3,(H,25,27)(H,26,28). The van der Waals surface area contributed by atoms with Gasteiger partial charge in [0.05, 0.1) is 0 Å². The Labute approximate surface area is 163 Å². The normalized spacial score (nSPS) is 10.4. The summed E-state index contributed by atoms with van der Waals surface area (Å²) < 4.78 is 13.6. The Morgan fingerprint density at radius 1 is 0.714 bits per heavy atom. The Kier molecular flexibility index (Phi) is 6.17. The summed E-state index contributed by atoms with van der Waals surface area (Å²) in [7, 11) is 0. The summed E-state index contributed by atoms with van der Waals surface area (Å²) in [6.45, 7) is 2.54. The molecular weight excluding hydrogens is 355 g/mol. The lowest BCUT2D eigenvalue weighted by Gasteiger charge is -2.09. The van der Waals surface area contributed by atoms with E-state index < -0.39 is 0 Å². The molecule has 142 valence electrons. The highest BCUT2D eigenvalue weighted by atomic mass is 19.1. The van der Waals surface area contributed by atoms with Crippen LogP contribution in [-0.2, 0) is 13.1 Å². The van der Waals surface area contributed by atoms with E-state index in [1.54, 1.807) is 42.5 Å². The van der Waals surface area contributed by atoms with Crippen molar-refractivity contribution in [2.45, 2.75) is 20.0 Å². The molecule has 0 saturated carbocycles. The molecule has 2 N–H and O–H groups in total. The first-order valence-electron chi connectivity index (χ1n) is 8.99. The summed E-state index contributed by atoms with van der Waals surface area (Å²) in [6, 6.07) is 20.5. The molecule has 4 nitrogen and oxygen atoms in total. The summed E-state index contributed by atoms with van der Waals surface area (Å²) in [6.07, 6.45) is 0. The summed E-state index contributed by atoms with van der Waals surface area (Å²) in [5, 5.41) is 5.55. The second kappa shape index (κ2) is 8.95. The van der Waals surface area contributed by atoms with Gasteiger partial charge in [-0.1, -0.05) is 42.5 Å². The van der Waals surface area contributed by atoms with Gasteiger partial charge in [0, 0.05) is 29.8 Å². The monoisotopic (exact) mass is 376 g/mol. The van der Waals surface area contributed by atoms with Crippen LogP contribution in [0.1, 0.15) is 37.4 Å². The molecule has 0 radical (unpaired) electrons. The second-order valence-corrected chi connectivity index (χ2v) is 6.46. The first-order valence-corrected chi connectivity index (χ1v) is 8.99. The first kappa shape index (κ1) is 19.3. The molecule has 0 saturated heterocycles. The smallest absolute Gasteiger partial charge is 0.251 e. The molecule has 2 amide bonds. The van der Waals surface area contributed by atoms with Crippen LogP contribution in [-0.4, -0.2) is 11.8 Å². The van der Waals surface area contributed by atoms with E-state index in [1.165, 1.54) is 6.07 Å². The number of benzene rings is 3. The molecule has 0 unspecified atom stereocenters. The van der Waals surface area contributed by atoms with Crippen molar-refractivity contribution in [3.63, 3.8) is 0 Å². The fraction of sp³-hybridized carbons (Fsp3) is 0.130. The van der Waals surface area contributed by atoms with Gasteiger partial charge in [0.25, 0.3) is 11.8 Å². The number of hydrogen-bond donors (Lipinski definition) is 2. The number of hydrogen-bond acceptors (Lipinski definition) is 2. The Hall–Kier alpha value is -3.47. The van der Waals surface area contributed by atoms with E-state index in [-0.39, 0.29) is 24.2 Å². The summed E-state index contributed by atoms with van der Waals surface area (Å²) in [4.78, 5) is 24.5. The van der Waals surface area contributed by atoms with Crippen LogP contribution in [0.2, 0.25) is 0 Å². The van der Waals surface area contributed by atoms with Crippen molar-refractivity contribution in [1.29, 1.82) is 0 Å². The zero-order valence-electron chi connectivity index (χ0n) is 15.5. The molecule has 0 aliphatic carbocycles. The number of nitrogens with one attached hydrogen (secondary N) is 2. The van der Waals surface area contributed by atoms with Gasteiger partial charge >= 0.3 is 0 Å². The van der Waals surface area contributed by atoms with Gasteiger partial charge in [0.15, 0.2) is 0 Å². The molecule has 0 spiro atoms. The van der Waals surface area contributed by atoms with E-state index in [1.807, 2.05) is 31.2 Å². The lowest BCUT2D eigenvalue weighted by Crippen LogP contribution is -2.24. The number of rotatable bonds is 6. The van der Waals surface area contributed by atoms with Crippen LogP contribution >= 0.6 is 0 Å². The van der Waals surface area contributed by atoms with E-state index in [0.29, 0.717) is 23.2 Å². The van der Waals surface area contributed by atoms with Crippen molar-refractivity contribution in [1.82, 2.24) is 10.6 Å². The first-order chi connectivity index (χ1) is 13.5. The maximum Gasteiger partial charge on any atom is 0.251 e. The van der Waals surface area contributed by atoms with Crippen LogP contribution in [0.5, 0.6) is 0 Å². The number of aryl methyl sites for hydroxylation is 1. The minimum Gasteiger partial charge on any atom is -0.348 e. The second-order valence-electron chi connectivity index (χ2n) is 6.46. The number of carbonyl (C=O) groups is 2. The molecule has 0 aliphatic rings. The maximum atomic E-state index is 13.6. The topological polar surface area (TPSA) is 58.2 Å². The minimum absolute atomic E-state index is 0.101. The van der Waals surface area contributed by atoms with Gasteiger partial charge in [-0.3, -0.25) is 9.59 Å². The minimum atomic E-state index is -0.358. The molecule has 3 aromatic carbocycles. The van der Waals surface area contributed by atoms with Gasteiger partial charge < -0.3 is 10.6 Å². The van der Waals surface area contributed by atoms with E-state index >= 15 is 0 Å². The van der Waals surface area contributed by atoms with Crippen molar-refractivity contribution in [3.05, 3.63) is 106 Å². The van der Waals surface area contributed by atoms with Gasteiger partial charge in [0.1, 0.15) is 5.82 Å². The third kappa shape index (κ3) is 4.82. The van der Waals surface area contributed by atoms with E-state index in [4.69, 9.17) is 0 Å². The van der Waals surface area contributed by atoms with Gasteiger partial charge in [-0.2, -0.15) is 0 Å². The molecule has 5 heteroatoms. The Morgan fingerprint density at radius 2 is 1.18 bits per heavy atom. The number of carbonyl (C=O) groups excluding carboxylic acids is 2. The van der Waals surface area contributed by atoms with Crippen LogP contribution in [0.15, 0.2) is 72.8 Å². The maximum absolute atomic E-state index is 13.6. The van der Waals surface area contributed by atoms with E-state index in [9.17, 15) is 14.0 Å². The highest BCUT2D eigenvalue weighted by Crippen LogP contribution is 2.09. The van der Waals surface area contributed by atoms with Crippen LogP contribution in [0, 0.1) is 12.7 Å². The Morgan fingerprint density at radius 3 is 1.71 bits per heavy atom. The molecule has 3 aromatic rings. The van der Waals surface area contributed by atoms with Crippen LogP contribution in [0.25, 0.3) is 0 Å². The van der Waals surface area contributed by atoms with Crippen molar-refractivity contribution in [2.24, 2.45) is 0 Å². The van der Waals surface area contributed by atoms with Gasteiger partial charge in [0.2, 0.25) is 0 Å². The molecule has 28 heavy (non-hydrogen) atoms. The SMILES string of the molecule is Cc1ccccc1CNC(=O)c1ccc(C(=O)NCc2ccccc2F)cc1. The van der Waals surface area contributed by atoms with Gasteiger partial charge in [-0.25, -0.2) is 4.39 Å². The van der Waals surface area contributed by atoms with Gasteiger partial charge in [-0.05, 0) is 48.4 Å². The Bertz CT molecular complexity index is 903. The molecule has 0 aliphatic heterocycles. The highest BCUT2D eigenvalue weighted by Gasteiger charge is 2.10. The average molecular weight is 376 g/mol. The van der Waals surface area contributed by atoms with E-state index in [0.717, 1.165) is 11.1 Å². The number of halogens is 1. The van der Waals surface area contributed by atoms with E-state index in [2.05, 4.69) is 10.6 Å². The summed E-state index contributed by atoms with van der Waals surface area (Å²) in [5.74, 6) is -0.889. The van der Waals surface area contributed by atoms with Crippen LogP contribution in [0.3, 0.4) is 0 Å². The third-order valence-corrected chi connectivity index (χ3v) is 4.51. The zero-order valence-corrected chi connectivity index (χ0v) is 15.5. The fourth-order valence-electron chi connectivity index (χ4n) is 2.78. The molecule has 0 aromatic heterocycles. The van der Waals surface area contributed by atoms with Crippen molar-refractivity contribution >= 4 is 11.8 Å². The van der Waals surface area contributed by atoms with Crippen LogP contribution < -0.4 is 10.6 Å². The van der Waals surface area contributed by atoms with Gasteiger partial charge in [-0.15, -0.1) is 0 Å². The quantitative estimate of drug-likeness (QED) is 0.683. The molecular formula is C23H21FN2O2. The molecule has 0 atom stereocenters. The predicted molar refractivity (Wildman–Crippen MR) is 106 cm³/mol. The molecule has 0 bridgehead atoms.